The second-order valence-corrected chi connectivity index (χ2v) is 6.21. The number of benzene rings is 1. The Morgan fingerprint density at radius 1 is 1.36 bits per heavy atom. The van der Waals surface area contributed by atoms with E-state index >= 15 is 0 Å². The van der Waals surface area contributed by atoms with Gasteiger partial charge in [0.25, 0.3) is 0 Å². The lowest BCUT2D eigenvalue weighted by Crippen LogP contribution is -2.48. The summed E-state index contributed by atoms with van der Waals surface area (Å²) in [4.78, 5) is 18.2. The normalized spacial score (nSPS) is 17.9. The van der Waals surface area contributed by atoms with E-state index in [-0.39, 0.29) is 5.91 Å². The average Bonchev–Trinajstić information content (AvgIpc) is 2.65. The lowest BCUT2D eigenvalue weighted by Gasteiger charge is -2.31. The maximum absolute atomic E-state index is 11.7. The highest BCUT2D eigenvalue weighted by Crippen LogP contribution is 2.22. The summed E-state index contributed by atoms with van der Waals surface area (Å²) in [5.74, 6) is 1.12. The predicted octanol–water partition coefficient (Wildman–Crippen LogP) is 2.47. The molecule has 132 valence electrons. The highest BCUT2D eigenvalue weighted by molar-refractivity contribution is 6.30. The molecule has 6 nitrogen and oxygen atoms in total. The van der Waals surface area contributed by atoms with Crippen LogP contribution in [0.3, 0.4) is 0 Å². The fraction of sp³-hybridized carbons (Fsp3) is 0.333. The van der Waals surface area contributed by atoms with Gasteiger partial charge in [0.05, 0.1) is 6.61 Å². The molecule has 2 heterocycles. The topological polar surface area (TPSA) is 63.7 Å². The summed E-state index contributed by atoms with van der Waals surface area (Å²) in [7, 11) is 1.62. The molecule has 2 aromatic rings. The van der Waals surface area contributed by atoms with Crippen molar-refractivity contribution in [2.45, 2.75) is 12.6 Å². The number of morpholine rings is 1. The van der Waals surface area contributed by atoms with E-state index in [2.05, 4.69) is 15.2 Å². The molecule has 1 aliphatic heterocycles. The Bertz CT molecular complexity index is 707. The van der Waals surface area contributed by atoms with Crippen LogP contribution in [0.2, 0.25) is 5.02 Å². The molecule has 0 unspecified atom stereocenters. The van der Waals surface area contributed by atoms with Crippen molar-refractivity contribution in [2.24, 2.45) is 0 Å². The van der Waals surface area contributed by atoms with Crippen molar-refractivity contribution >= 4 is 17.5 Å². The Balaban J connectivity index is 1.57. The van der Waals surface area contributed by atoms with Crippen molar-refractivity contribution in [1.82, 2.24) is 15.2 Å². The maximum atomic E-state index is 11.7. The molecule has 1 saturated heterocycles. The Labute approximate surface area is 151 Å². The number of hydrogen-bond acceptors (Lipinski definition) is 5. The molecular weight excluding hydrogens is 342 g/mol. The number of nitrogens with zero attached hydrogens (tertiary/aromatic N) is 2. The van der Waals surface area contributed by atoms with E-state index in [0.29, 0.717) is 36.3 Å². The minimum Gasteiger partial charge on any atom is -0.439 e. The third-order valence-corrected chi connectivity index (χ3v) is 4.18. The van der Waals surface area contributed by atoms with Crippen LogP contribution in [0.5, 0.6) is 11.6 Å². The van der Waals surface area contributed by atoms with Gasteiger partial charge < -0.3 is 14.8 Å². The fourth-order valence-electron chi connectivity index (χ4n) is 2.61. The standard InChI is InChI=1S/C18H20ClN3O3/c1-20-18(23)16-12-22(8-9-24-16)11-13-2-7-17(21-10-13)25-15-5-3-14(19)4-6-15/h2-7,10,16H,8-9,11-12H2,1H3,(H,20,23)/t16-/m0/s1. The zero-order chi connectivity index (χ0) is 17.6. The number of hydrogen-bond donors (Lipinski definition) is 1. The molecule has 0 bridgehead atoms. The number of amides is 1. The third kappa shape index (κ3) is 4.92. The van der Waals surface area contributed by atoms with Gasteiger partial charge in [-0.25, -0.2) is 4.98 Å². The average molecular weight is 362 g/mol. The van der Waals surface area contributed by atoms with Crippen LogP contribution in [0.1, 0.15) is 5.56 Å². The second kappa shape index (κ2) is 8.29. The highest BCUT2D eigenvalue weighted by Gasteiger charge is 2.25. The Kier molecular flexibility index (Phi) is 5.86. The molecule has 7 heteroatoms. The minimum absolute atomic E-state index is 0.0884. The third-order valence-electron chi connectivity index (χ3n) is 3.93. The van der Waals surface area contributed by atoms with Crippen LogP contribution in [0, 0.1) is 0 Å². The van der Waals surface area contributed by atoms with Crippen molar-refractivity contribution in [1.29, 1.82) is 0 Å². The first-order chi connectivity index (χ1) is 12.1. The van der Waals surface area contributed by atoms with E-state index in [1.165, 1.54) is 0 Å². The number of rotatable bonds is 5. The van der Waals surface area contributed by atoms with Gasteiger partial charge in [0.2, 0.25) is 11.8 Å². The largest absolute Gasteiger partial charge is 0.439 e. The molecule has 1 atom stereocenters. The summed E-state index contributed by atoms with van der Waals surface area (Å²) < 4.78 is 11.2. The Hall–Kier alpha value is -2.15. The van der Waals surface area contributed by atoms with Crippen LogP contribution < -0.4 is 10.1 Å². The molecule has 0 saturated carbocycles. The molecule has 1 fully saturated rings. The molecular formula is C18H20ClN3O3. The predicted molar refractivity (Wildman–Crippen MR) is 94.8 cm³/mol. The van der Waals surface area contributed by atoms with Crippen molar-refractivity contribution in [2.75, 3.05) is 26.7 Å². The maximum Gasteiger partial charge on any atom is 0.250 e. The molecule has 1 aliphatic rings. The highest BCUT2D eigenvalue weighted by atomic mass is 35.5. The number of ether oxygens (including phenoxy) is 2. The summed E-state index contributed by atoms with van der Waals surface area (Å²) in [5.41, 5.74) is 1.06. The lowest BCUT2D eigenvalue weighted by molar-refractivity contribution is -0.138. The van der Waals surface area contributed by atoms with E-state index in [1.54, 1.807) is 37.5 Å². The quantitative estimate of drug-likeness (QED) is 0.886. The van der Waals surface area contributed by atoms with E-state index in [1.807, 2.05) is 12.1 Å². The first kappa shape index (κ1) is 17.7. The van der Waals surface area contributed by atoms with Gasteiger partial charge in [0, 0.05) is 44.0 Å². The smallest absolute Gasteiger partial charge is 0.250 e. The van der Waals surface area contributed by atoms with E-state index < -0.39 is 6.10 Å². The second-order valence-electron chi connectivity index (χ2n) is 5.77. The number of carbonyl (C=O) groups is 1. The van der Waals surface area contributed by atoms with E-state index in [4.69, 9.17) is 21.1 Å². The van der Waals surface area contributed by atoms with Gasteiger partial charge in [-0.1, -0.05) is 17.7 Å². The summed E-state index contributed by atoms with van der Waals surface area (Å²) in [6, 6.07) is 10.9. The Morgan fingerprint density at radius 3 is 2.84 bits per heavy atom. The molecule has 1 amide bonds. The van der Waals surface area contributed by atoms with Crippen LogP contribution in [0.4, 0.5) is 0 Å². The summed E-state index contributed by atoms with van der Waals surface area (Å²) in [6.07, 6.45) is 1.37. The molecule has 1 aromatic heterocycles. The minimum atomic E-state index is -0.417. The van der Waals surface area contributed by atoms with Crippen LogP contribution >= 0.6 is 11.6 Å². The SMILES string of the molecule is CNC(=O)[C@@H]1CN(Cc2ccc(Oc3ccc(Cl)cc3)nc2)CCO1. The zero-order valence-electron chi connectivity index (χ0n) is 13.9. The van der Waals surface area contributed by atoms with Gasteiger partial charge >= 0.3 is 0 Å². The number of carbonyl (C=O) groups excluding carboxylic acids is 1. The fourth-order valence-corrected chi connectivity index (χ4v) is 2.74. The number of aromatic nitrogens is 1. The summed E-state index contributed by atoms with van der Waals surface area (Å²) in [6.45, 7) is 2.62. The van der Waals surface area contributed by atoms with Gasteiger partial charge in [0.1, 0.15) is 11.9 Å². The molecule has 0 radical (unpaired) electrons. The van der Waals surface area contributed by atoms with Crippen LogP contribution in [-0.4, -0.2) is 48.6 Å². The molecule has 0 aliphatic carbocycles. The van der Waals surface area contributed by atoms with Crippen LogP contribution in [0.25, 0.3) is 0 Å². The Morgan fingerprint density at radius 2 is 2.16 bits per heavy atom. The molecule has 1 aromatic carbocycles. The zero-order valence-corrected chi connectivity index (χ0v) is 14.7. The molecule has 3 rings (SSSR count). The first-order valence-corrected chi connectivity index (χ1v) is 8.46. The van der Waals surface area contributed by atoms with Gasteiger partial charge in [0.15, 0.2) is 0 Å². The molecule has 0 spiro atoms. The van der Waals surface area contributed by atoms with E-state index in [9.17, 15) is 4.79 Å². The summed E-state index contributed by atoms with van der Waals surface area (Å²) >= 11 is 5.86. The van der Waals surface area contributed by atoms with Gasteiger partial charge in [-0.3, -0.25) is 9.69 Å². The molecule has 25 heavy (non-hydrogen) atoms. The number of likely N-dealkylation sites (N-methyl/N-ethyl adjacent to an activating group) is 1. The first-order valence-electron chi connectivity index (χ1n) is 8.08. The monoisotopic (exact) mass is 361 g/mol. The lowest BCUT2D eigenvalue weighted by atomic mass is 10.2. The van der Waals surface area contributed by atoms with Crippen molar-refractivity contribution in [3.05, 3.63) is 53.2 Å². The molecule has 1 N–H and O–H groups in total. The van der Waals surface area contributed by atoms with Crippen molar-refractivity contribution in [3.8, 4) is 11.6 Å². The summed E-state index contributed by atoms with van der Waals surface area (Å²) in [5, 5.41) is 3.29. The van der Waals surface area contributed by atoms with Crippen molar-refractivity contribution < 1.29 is 14.3 Å². The van der Waals surface area contributed by atoms with Gasteiger partial charge in [-0.05, 0) is 29.8 Å². The number of pyridine rings is 1. The van der Waals surface area contributed by atoms with Crippen molar-refractivity contribution in [3.63, 3.8) is 0 Å². The number of nitrogens with one attached hydrogen (secondary N) is 1. The van der Waals surface area contributed by atoms with E-state index in [0.717, 1.165) is 12.1 Å². The van der Waals surface area contributed by atoms with Crippen LogP contribution in [-0.2, 0) is 16.1 Å². The van der Waals surface area contributed by atoms with Gasteiger partial charge in [-0.2, -0.15) is 0 Å². The number of halogens is 1. The van der Waals surface area contributed by atoms with Crippen LogP contribution in [0.15, 0.2) is 42.6 Å². The van der Waals surface area contributed by atoms with Gasteiger partial charge in [-0.15, -0.1) is 0 Å².